The van der Waals surface area contributed by atoms with E-state index in [1.807, 2.05) is 10.2 Å². The van der Waals surface area contributed by atoms with Crippen LogP contribution in [0.1, 0.15) is 18.7 Å². The molecule has 3 heterocycles. The fourth-order valence-electron chi connectivity index (χ4n) is 2.94. The Morgan fingerprint density at radius 2 is 2.27 bits per heavy atom. The molecule has 140 valence electrons. The summed E-state index contributed by atoms with van der Waals surface area (Å²) in [6.45, 7) is 1.30. The summed E-state index contributed by atoms with van der Waals surface area (Å²) in [4.78, 5) is 22.5. The van der Waals surface area contributed by atoms with Gasteiger partial charge in [0, 0.05) is 19.3 Å². The van der Waals surface area contributed by atoms with E-state index >= 15 is 0 Å². The van der Waals surface area contributed by atoms with Gasteiger partial charge in [0.15, 0.2) is 5.82 Å². The molecule has 1 unspecified atom stereocenters. The number of piperidine rings is 1. The summed E-state index contributed by atoms with van der Waals surface area (Å²) < 4.78 is 42.1. The van der Waals surface area contributed by atoms with Crippen molar-refractivity contribution in [3.05, 3.63) is 24.2 Å². The number of hydrogen-bond donors (Lipinski definition) is 1. The third-order valence-electron chi connectivity index (χ3n) is 4.10. The van der Waals surface area contributed by atoms with Crippen LogP contribution in [0.5, 0.6) is 0 Å². The van der Waals surface area contributed by atoms with Crippen LogP contribution in [0.2, 0.25) is 0 Å². The Bertz CT molecular complexity index is 777. The number of nitrogens with zero attached hydrogens (tertiary/aromatic N) is 4. The van der Waals surface area contributed by atoms with Gasteiger partial charge in [-0.25, -0.2) is 4.98 Å². The van der Waals surface area contributed by atoms with Gasteiger partial charge in [-0.15, -0.1) is 0 Å². The van der Waals surface area contributed by atoms with Crippen molar-refractivity contribution < 1.29 is 22.5 Å². The van der Waals surface area contributed by atoms with Crippen LogP contribution in [0, 0.1) is 12.8 Å². The summed E-state index contributed by atoms with van der Waals surface area (Å²) in [5.41, 5.74) is 0.629. The predicted octanol–water partition coefficient (Wildman–Crippen LogP) is 2.33. The molecule has 1 amide bonds. The Morgan fingerprint density at radius 3 is 2.96 bits per heavy atom. The van der Waals surface area contributed by atoms with Crippen molar-refractivity contribution in [1.29, 1.82) is 0 Å². The molecule has 10 heteroatoms. The molecule has 3 rings (SSSR count). The van der Waals surface area contributed by atoms with E-state index in [1.165, 1.54) is 0 Å². The minimum Gasteiger partial charge on any atom is -0.355 e. The molecule has 26 heavy (non-hydrogen) atoms. The topological polar surface area (TPSA) is 84.2 Å². The van der Waals surface area contributed by atoms with Crippen LogP contribution in [0.15, 0.2) is 22.9 Å². The third-order valence-corrected chi connectivity index (χ3v) is 4.10. The Kier molecular flexibility index (Phi) is 5.10. The van der Waals surface area contributed by atoms with Gasteiger partial charge in [0.25, 0.3) is 5.89 Å². The molecule has 7 nitrogen and oxygen atoms in total. The first kappa shape index (κ1) is 18.2. The van der Waals surface area contributed by atoms with E-state index in [1.54, 1.807) is 25.3 Å². The molecule has 0 aliphatic carbocycles. The molecule has 0 saturated carbocycles. The van der Waals surface area contributed by atoms with Crippen LogP contribution < -0.4 is 10.2 Å². The van der Waals surface area contributed by atoms with Crippen molar-refractivity contribution in [3.63, 3.8) is 0 Å². The summed E-state index contributed by atoms with van der Waals surface area (Å²) in [5.74, 6) is 0.236. The Labute approximate surface area is 147 Å². The number of anilines is 1. The number of nitrogens with one attached hydrogen (secondary N) is 1. The normalized spacial score (nSPS) is 18.0. The maximum atomic E-state index is 12.3. The average Bonchev–Trinajstić information content (AvgIpc) is 3.05. The zero-order valence-corrected chi connectivity index (χ0v) is 14.1. The molecule has 1 aliphatic rings. The fraction of sp³-hybridized carbons (Fsp3) is 0.500. The summed E-state index contributed by atoms with van der Waals surface area (Å²) in [6.07, 6.45) is -1.62. The van der Waals surface area contributed by atoms with Crippen molar-refractivity contribution in [2.45, 2.75) is 25.9 Å². The molecule has 0 spiro atoms. The number of aromatic nitrogens is 3. The van der Waals surface area contributed by atoms with Gasteiger partial charge in [-0.1, -0.05) is 5.16 Å². The maximum Gasteiger partial charge on any atom is 0.405 e. The third kappa shape index (κ3) is 4.30. The van der Waals surface area contributed by atoms with Crippen LogP contribution >= 0.6 is 0 Å². The number of carbonyl (C=O) groups excluding carboxylic acids is 1. The second-order valence-corrected chi connectivity index (χ2v) is 6.14. The smallest absolute Gasteiger partial charge is 0.355 e. The highest BCUT2D eigenvalue weighted by Crippen LogP contribution is 2.30. The van der Waals surface area contributed by atoms with E-state index < -0.39 is 24.5 Å². The average molecular weight is 369 g/mol. The number of hydrogen-bond acceptors (Lipinski definition) is 6. The van der Waals surface area contributed by atoms with Crippen LogP contribution in [0.25, 0.3) is 11.5 Å². The summed E-state index contributed by atoms with van der Waals surface area (Å²) in [5, 5.41) is 5.73. The van der Waals surface area contributed by atoms with Crippen LogP contribution in [0.3, 0.4) is 0 Å². The maximum absolute atomic E-state index is 12.3. The lowest BCUT2D eigenvalue weighted by Gasteiger charge is -2.33. The second kappa shape index (κ2) is 7.30. The lowest BCUT2D eigenvalue weighted by atomic mass is 9.96. The zero-order valence-electron chi connectivity index (χ0n) is 14.1. The minimum absolute atomic E-state index is 0.279. The van der Waals surface area contributed by atoms with E-state index in [9.17, 15) is 18.0 Å². The van der Waals surface area contributed by atoms with E-state index in [0.29, 0.717) is 42.5 Å². The van der Waals surface area contributed by atoms with E-state index in [4.69, 9.17) is 4.52 Å². The lowest BCUT2D eigenvalue weighted by molar-refractivity contribution is -0.140. The van der Waals surface area contributed by atoms with Gasteiger partial charge in [0.1, 0.15) is 12.4 Å². The highest BCUT2D eigenvalue weighted by Gasteiger charge is 2.32. The highest BCUT2D eigenvalue weighted by molar-refractivity contribution is 5.80. The van der Waals surface area contributed by atoms with Crippen LogP contribution in [-0.2, 0) is 4.79 Å². The summed E-state index contributed by atoms with van der Waals surface area (Å²) in [7, 11) is 0. The molecule has 2 aromatic heterocycles. The molecule has 0 aromatic carbocycles. The predicted molar refractivity (Wildman–Crippen MR) is 86.3 cm³/mol. The molecule has 1 aliphatic heterocycles. The number of pyridine rings is 1. The first-order chi connectivity index (χ1) is 12.3. The lowest BCUT2D eigenvalue weighted by Crippen LogP contribution is -2.45. The molecule has 1 fully saturated rings. The molecule has 1 atom stereocenters. The van der Waals surface area contributed by atoms with Gasteiger partial charge in [-0.2, -0.15) is 18.2 Å². The quantitative estimate of drug-likeness (QED) is 0.891. The second-order valence-electron chi connectivity index (χ2n) is 6.14. The summed E-state index contributed by atoms with van der Waals surface area (Å²) >= 11 is 0. The molecular weight excluding hydrogens is 351 g/mol. The Hall–Kier alpha value is -2.65. The van der Waals surface area contributed by atoms with Crippen molar-refractivity contribution in [3.8, 4) is 11.5 Å². The monoisotopic (exact) mass is 369 g/mol. The van der Waals surface area contributed by atoms with Gasteiger partial charge < -0.3 is 14.7 Å². The first-order valence-corrected chi connectivity index (χ1v) is 8.18. The minimum atomic E-state index is -4.42. The van der Waals surface area contributed by atoms with E-state index in [2.05, 4.69) is 15.1 Å². The fourth-order valence-corrected chi connectivity index (χ4v) is 2.94. The Morgan fingerprint density at radius 1 is 1.46 bits per heavy atom. The van der Waals surface area contributed by atoms with Crippen LogP contribution in [-0.4, -0.2) is 46.8 Å². The molecule has 2 aromatic rings. The first-order valence-electron chi connectivity index (χ1n) is 8.18. The van der Waals surface area contributed by atoms with Crippen molar-refractivity contribution in [2.75, 3.05) is 24.5 Å². The van der Waals surface area contributed by atoms with Crippen molar-refractivity contribution in [2.24, 2.45) is 5.92 Å². The molecule has 0 bridgehead atoms. The highest BCUT2D eigenvalue weighted by atomic mass is 19.4. The SMILES string of the molecule is Cc1noc(-c2cccnc2N2CCCC(C(=O)NCC(F)(F)F)C2)n1. The summed E-state index contributed by atoms with van der Waals surface area (Å²) in [6, 6.07) is 3.51. The van der Waals surface area contributed by atoms with Gasteiger partial charge in [-0.3, -0.25) is 4.79 Å². The number of halogens is 3. The Balaban J connectivity index is 1.75. The molecule has 1 saturated heterocycles. The zero-order chi connectivity index (χ0) is 18.7. The van der Waals surface area contributed by atoms with Gasteiger partial charge in [0.2, 0.25) is 5.91 Å². The number of carbonyl (C=O) groups is 1. The standard InChI is InChI=1S/C16H18F3N5O2/c1-10-22-15(26-23-10)12-5-2-6-20-13(12)24-7-3-4-11(8-24)14(25)21-9-16(17,18)19/h2,5-6,11H,3-4,7-9H2,1H3,(H,21,25). The van der Waals surface area contributed by atoms with Crippen molar-refractivity contribution >= 4 is 11.7 Å². The van der Waals surface area contributed by atoms with Gasteiger partial charge in [-0.05, 0) is 31.9 Å². The van der Waals surface area contributed by atoms with Crippen molar-refractivity contribution in [1.82, 2.24) is 20.4 Å². The van der Waals surface area contributed by atoms with Crippen LogP contribution in [0.4, 0.5) is 19.0 Å². The van der Waals surface area contributed by atoms with E-state index in [0.717, 1.165) is 0 Å². The van der Waals surface area contributed by atoms with E-state index in [-0.39, 0.29) is 6.54 Å². The molecular formula is C16H18F3N5O2. The number of alkyl halides is 3. The number of aryl methyl sites for hydroxylation is 1. The number of amides is 1. The largest absolute Gasteiger partial charge is 0.405 e. The van der Waals surface area contributed by atoms with Gasteiger partial charge >= 0.3 is 6.18 Å². The molecule has 0 radical (unpaired) electrons. The number of rotatable bonds is 4. The molecule has 1 N–H and O–H groups in total. The van der Waals surface area contributed by atoms with Gasteiger partial charge in [0.05, 0.1) is 11.5 Å².